The van der Waals surface area contributed by atoms with Crippen molar-refractivity contribution >= 4 is 39.0 Å². The van der Waals surface area contributed by atoms with Crippen molar-refractivity contribution in [2.45, 2.75) is 0 Å². The molecule has 0 saturated heterocycles. The monoisotopic (exact) mass is 791 g/mol. The predicted octanol–water partition coefficient (Wildman–Crippen LogP) is 17.1. The molecule has 10 aromatic carbocycles. The maximum Gasteiger partial charge on any atom is 0.135 e. The van der Waals surface area contributed by atoms with E-state index >= 15 is 0 Å². The van der Waals surface area contributed by atoms with Gasteiger partial charge in [0.05, 0.1) is 5.69 Å². The largest absolute Gasteiger partial charge is 0.456 e. The lowest BCUT2D eigenvalue weighted by atomic mass is 9.87. The van der Waals surface area contributed by atoms with Crippen molar-refractivity contribution < 1.29 is 4.42 Å². The van der Waals surface area contributed by atoms with Crippen LogP contribution in [-0.4, -0.2) is 0 Å². The average Bonchev–Trinajstić information content (AvgIpc) is 3.73. The van der Waals surface area contributed by atoms with Gasteiger partial charge in [0.25, 0.3) is 0 Å². The zero-order valence-corrected chi connectivity index (χ0v) is 34.0. The van der Waals surface area contributed by atoms with E-state index in [0.717, 1.165) is 55.7 Å². The molecule has 62 heavy (non-hydrogen) atoms. The van der Waals surface area contributed by atoms with Gasteiger partial charge in [0.1, 0.15) is 11.2 Å². The molecule has 0 aliphatic carbocycles. The van der Waals surface area contributed by atoms with Gasteiger partial charge in [-0.05, 0) is 110 Å². The van der Waals surface area contributed by atoms with E-state index < -0.39 is 0 Å². The van der Waals surface area contributed by atoms with Crippen molar-refractivity contribution in [2.24, 2.45) is 0 Å². The molecular weight excluding hydrogens is 751 g/mol. The van der Waals surface area contributed by atoms with E-state index in [1.54, 1.807) is 0 Å². The van der Waals surface area contributed by atoms with E-state index in [0.29, 0.717) is 0 Å². The van der Waals surface area contributed by atoms with Gasteiger partial charge in [0.2, 0.25) is 0 Å². The van der Waals surface area contributed by atoms with Crippen LogP contribution in [0.2, 0.25) is 0 Å². The molecule has 2 nitrogen and oxygen atoms in total. The first-order valence-corrected chi connectivity index (χ1v) is 21.2. The molecule has 0 saturated carbocycles. The van der Waals surface area contributed by atoms with Crippen molar-refractivity contribution in [1.82, 2.24) is 0 Å². The highest BCUT2D eigenvalue weighted by atomic mass is 16.3. The van der Waals surface area contributed by atoms with Gasteiger partial charge in [-0.1, -0.05) is 200 Å². The van der Waals surface area contributed by atoms with Crippen molar-refractivity contribution in [2.75, 3.05) is 4.90 Å². The first kappa shape index (κ1) is 36.8. The molecule has 0 radical (unpaired) electrons. The zero-order chi connectivity index (χ0) is 41.2. The minimum Gasteiger partial charge on any atom is -0.456 e. The average molecular weight is 792 g/mol. The second-order valence-electron chi connectivity index (χ2n) is 15.7. The number of anilines is 3. The Bertz CT molecular complexity index is 3310. The number of benzene rings is 10. The second kappa shape index (κ2) is 16.1. The van der Waals surface area contributed by atoms with E-state index in [9.17, 15) is 0 Å². The molecule has 0 amide bonds. The summed E-state index contributed by atoms with van der Waals surface area (Å²) >= 11 is 0. The Morgan fingerprint density at radius 1 is 0.242 bits per heavy atom. The molecule has 0 spiro atoms. The number of para-hydroxylation sites is 2. The van der Waals surface area contributed by atoms with Crippen molar-refractivity contribution in [3.63, 3.8) is 0 Å². The summed E-state index contributed by atoms with van der Waals surface area (Å²) in [6.45, 7) is 0. The minimum absolute atomic E-state index is 0.870. The summed E-state index contributed by atoms with van der Waals surface area (Å²) in [5, 5.41) is 2.19. The molecule has 0 unspecified atom stereocenters. The summed E-state index contributed by atoms with van der Waals surface area (Å²) in [5.74, 6) is 0. The summed E-state index contributed by atoms with van der Waals surface area (Å²) in [6, 6.07) is 89.2. The first-order valence-electron chi connectivity index (χ1n) is 21.2. The van der Waals surface area contributed by atoms with Gasteiger partial charge in [-0.15, -0.1) is 0 Å². The standard InChI is InChI=1S/C60H41NO/c1-4-16-42(17-5-1)44-28-30-45(31-29-44)46-32-35-49(36-33-46)61(50-37-39-60-57(41-50)55-25-13-15-27-59(55)62-60)58-26-14-12-24-54(58)52-22-10-11-23-53(52)56-40-48(43-18-6-2-7-19-43)34-38-51(56)47-20-8-3-9-21-47/h1-41H. The molecule has 0 fully saturated rings. The van der Waals surface area contributed by atoms with Crippen LogP contribution in [-0.2, 0) is 0 Å². The van der Waals surface area contributed by atoms with E-state index in [2.05, 4.69) is 241 Å². The van der Waals surface area contributed by atoms with Gasteiger partial charge in [-0.2, -0.15) is 0 Å². The first-order chi connectivity index (χ1) is 30.7. The maximum atomic E-state index is 6.33. The summed E-state index contributed by atoms with van der Waals surface area (Å²) in [5.41, 5.74) is 19.1. The van der Waals surface area contributed by atoms with Crippen LogP contribution in [0.1, 0.15) is 0 Å². The molecule has 292 valence electrons. The van der Waals surface area contributed by atoms with Crippen LogP contribution in [0.4, 0.5) is 17.1 Å². The third-order valence-corrected chi connectivity index (χ3v) is 11.9. The van der Waals surface area contributed by atoms with Gasteiger partial charge in [0.15, 0.2) is 0 Å². The molecule has 0 aliphatic heterocycles. The zero-order valence-electron chi connectivity index (χ0n) is 34.0. The lowest BCUT2D eigenvalue weighted by molar-refractivity contribution is 0.669. The molecule has 11 aromatic rings. The van der Waals surface area contributed by atoms with E-state index in [-0.39, 0.29) is 0 Å². The number of hydrogen-bond acceptors (Lipinski definition) is 2. The van der Waals surface area contributed by atoms with Crippen molar-refractivity contribution in [1.29, 1.82) is 0 Å². The molecule has 1 heterocycles. The molecule has 0 N–H and O–H groups in total. The van der Waals surface area contributed by atoms with Crippen LogP contribution in [0.5, 0.6) is 0 Å². The molecule has 2 heteroatoms. The lowest BCUT2D eigenvalue weighted by Crippen LogP contribution is -2.11. The number of fused-ring (bicyclic) bond motifs is 3. The summed E-state index contributed by atoms with van der Waals surface area (Å²) < 4.78 is 6.33. The normalized spacial score (nSPS) is 11.2. The molecule has 0 atom stereocenters. The van der Waals surface area contributed by atoms with Crippen LogP contribution < -0.4 is 4.90 Å². The minimum atomic E-state index is 0.870. The van der Waals surface area contributed by atoms with Crippen LogP contribution in [0, 0.1) is 0 Å². The quantitative estimate of drug-likeness (QED) is 0.145. The number of rotatable bonds is 9. The van der Waals surface area contributed by atoms with E-state index in [1.165, 1.54) is 50.1 Å². The van der Waals surface area contributed by atoms with E-state index in [1.807, 2.05) is 12.1 Å². The smallest absolute Gasteiger partial charge is 0.135 e. The molecule has 0 aliphatic rings. The summed E-state index contributed by atoms with van der Waals surface area (Å²) in [6.07, 6.45) is 0. The Morgan fingerprint density at radius 2 is 0.694 bits per heavy atom. The molecule has 0 bridgehead atoms. The number of nitrogens with zero attached hydrogens (tertiary/aromatic N) is 1. The van der Waals surface area contributed by atoms with E-state index in [4.69, 9.17) is 4.42 Å². The molecule has 11 rings (SSSR count). The molecule has 1 aromatic heterocycles. The highest BCUT2D eigenvalue weighted by Crippen LogP contribution is 2.47. The van der Waals surface area contributed by atoms with Crippen LogP contribution in [0.15, 0.2) is 253 Å². The van der Waals surface area contributed by atoms with Gasteiger partial charge in [-0.25, -0.2) is 0 Å². The van der Waals surface area contributed by atoms with Crippen LogP contribution >= 0.6 is 0 Å². The number of furan rings is 1. The topological polar surface area (TPSA) is 16.4 Å². The summed E-state index contributed by atoms with van der Waals surface area (Å²) in [7, 11) is 0. The number of hydrogen-bond donors (Lipinski definition) is 0. The Hall–Kier alpha value is -8.20. The highest BCUT2D eigenvalue weighted by Gasteiger charge is 2.22. The molecular formula is C60H41NO. The third-order valence-electron chi connectivity index (χ3n) is 11.9. The Morgan fingerprint density at radius 3 is 1.35 bits per heavy atom. The fraction of sp³-hybridized carbons (Fsp3) is 0. The van der Waals surface area contributed by atoms with Gasteiger partial charge in [0, 0.05) is 27.7 Å². The SMILES string of the molecule is c1ccc(-c2ccc(-c3ccc(N(c4ccc5oc6ccccc6c5c4)c4ccccc4-c4ccccc4-c4cc(-c5ccccc5)ccc4-c4ccccc4)cc3)cc2)cc1. The fourth-order valence-corrected chi connectivity index (χ4v) is 8.87. The van der Waals surface area contributed by atoms with Crippen molar-refractivity contribution in [3.05, 3.63) is 249 Å². The van der Waals surface area contributed by atoms with Gasteiger partial charge >= 0.3 is 0 Å². The predicted molar refractivity (Wildman–Crippen MR) is 261 cm³/mol. The third kappa shape index (κ3) is 6.94. The fourth-order valence-electron chi connectivity index (χ4n) is 8.87. The van der Waals surface area contributed by atoms with Gasteiger partial charge in [-0.3, -0.25) is 0 Å². The Kier molecular flexibility index (Phi) is 9.57. The summed E-state index contributed by atoms with van der Waals surface area (Å²) in [4.78, 5) is 2.40. The highest BCUT2D eigenvalue weighted by molar-refractivity contribution is 6.07. The Labute approximate surface area is 362 Å². The Balaban J connectivity index is 1.08. The van der Waals surface area contributed by atoms with Crippen molar-refractivity contribution in [3.8, 4) is 66.8 Å². The maximum absolute atomic E-state index is 6.33. The second-order valence-corrected chi connectivity index (χ2v) is 15.7. The van der Waals surface area contributed by atoms with Gasteiger partial charge < -0.3 is 9.32 Å². The van der Waals surface area contributed by atoms with Crippen LogP contribution in [0.25, 0.3) is 88.7 Å². The lowest BCUT2D eigenvalue weighted by Gasteiger charge is -2.29. The van der Waals surface area contributed by atoms with Crippen LogP contribution in [0.3, 0.4) is 0 Å².